The van der Waals surface area contributed by atoms with Crippen molar-refractivity contribution in [3.8, 4) is 16.9 Å². The van der Waals surface area contributed by atoms with Crippen LogP contribution in [0.5, 0.6) is 5.75 Å². The van der Waals surface area contributed by atoms with Gasteiger partial charge in [-0.3, -0.25) is 4.89 Å². The number of hydrogen-bond acceptors (Lipinski definition) is 9. The van der Waals surface area contributed by atoms with Crippen LogP contribution in [0.2, 0.25) is 5.02 Å². The third-order valence-electron chi connectivity index (χ3n) is 3.84. The highest BCUT2D eigenvalue weighted by atomic mass is 35.5. The first kappa shape index (κ1) is 24.7. The Morgan fingerprint density at radius 1 is 1.06 bits per heavy atom. The number of benzene rings is 2. The van der Waals surface area contributed by atoms with Crippen molar-refractivity contribution in [2.45, 2.75) is 5.16 Å². The zero-order valence-corrected chi connectivity index (χ0v) is 18.3. The number of methoxy groups -OCH3 is 1. The molecule has 0 atom stereocenters. The molecule has 3 rings (SSSR count). The van der Waals surface area contributed by atoms with Crippen LogP contribution in [0.1, 0.15) is 20.8 Å². The number of nitrogens with zero attached hydrogens (tertiary/aromatic N) is 2. The normalized spacial score (nSPS) is 10.5. The number of aromatic carboxylic acids is 1. The Balaban J connectivity index is 0.000000278. The predicted octanol–water partition coefficient (Wildman–Crippen LogP) is 3.22. The average Bonchev–Trinajstić information content (AvgIpc) is 2.77. The SMILES string of the molecule is COc1ccccc1-c1cnc(S(C)(=O)=O)nc1C(=O)O.O=C(OO)c1cccc(Cl)c1. The molecule has 2 N–H and O–H groups in total. The first-order chi connectivity index (χ1) is 15.1. The Morgan fingerprint density at radius 2 is 1.75 bits per heavy atom. The lowest BCUT2D eigenvalue weighted by atomic mass is 10.0. The molecule has 1 aromatic heterocycles. The van der Waals surface area contributed by atoms with Gasteiger partial charge in [0.2, 0.25) is 15.0 Å². The summed E-state index contributed by atoms with van der Waals surface area (Å²) in [5, 5.41) is 17.1. The summed E-state index contributed by atoms with van der Waals surface area (Å²) in [6.45, 7) is 0. The molecule has 0 amide bonds. The van der Waals surface area contributed by atoms with E-state index in [0.717, 1.165) is 6.26 Å². The molecular weight excluding hydrogens is 464 g/mol. The van der Waals surface area contributed by atoms with Crippen LogP contribution in [-0.4, -0.2) is 54.1 Å². The topological polar surface area (TPSA) is 153 Å². The number of carboxylic acids is 1. The molecule has 3 aromatic rings. The largest absolute Gasteiger partial charge is 0.496 e. The molecule has 0 unspecified atom stereocenters. The molecule has 0 fully saturated rings. The third-order valence-corrected chi connectivity index (χ3v) is 4.94. The van der Waals surface area contributed by atoms with Gasteiger partial charge in [0.1, 0.15) is 5.75 Å². The van der Waals surface area contributed by atoms with Gasteiger partial charge >= 0.3 is 11.9 Å². The molecule has 1 heterocycles. The summed E-state index contributed by atoms with van der Waals surface area (Å²) in [6.07, 6.45) is 2.08. The van der Waals surface area contributed by atoms with Crippen LogP contribution in [0.3, 0.4) is 0 Å². The number of rotatable bonds is 5. The van der Waals surface area contributed by atoms with Crippen LogP contribution < -0.4 is 4.74 Å². The molecule has 32 heavy (non-hydrogen) atoms. The number of aromatic nitrogens is 2. The van der Waals surface area contributed by atoms with Crippen LogP contribution >= 0.6 is 11.6 Å². The van der Waals surface area contributed by atoms with E-state index in [-0.39, 0.29) is 11.1 Å². The maximum atomic E-state index is 11.4. The van der Waals surface area contributed by atoms with Gasteiger partial charge in [0.25, 0.3) is 0 Å². The van der Waals surface area contributed by atoms with E-state index in [0.29, 0.717) is 16.3 Å². The summed E-state index contributed by atoms with van der Waals surface area (Å²) in [5.74, 6) is -1.72. The highest BCUT2D eigenvalue weighted by Crippen LogP contribution is 2.31. The van der Waals surface area contributed by atoms with Gasteiger partial charge in [0, 0.05) is 28.6 Å². The monoisotopic (exact) mass is 480 g/mol. The summed E-state index contributed by atoms with van der Waals surface area (Å²) >= 11 is 5.56. The molecule has 0 bridgehead atoms. The molecule has 0 radical (unpaired) electrons. The molecule has 0 aliphatic rings. The first-order valence-corrected chi connectivity index (χ1v) is 10.9. The van der Waals surface area contributed by atoms with Crippen molar-refractivity contribution in [3.63, 3.8) is 0 Å². The number of para-hydroxylation sites is 1. The average molecular weight is 481 g/mol. The van der Waals surface area contributed by atoms with Crippen molar-refractivity contribution in [1.29, 1.82) is 0 Å². The second-order valence-corrected chi connectivity index (χ2v) is 8.43. The van der Waals surface area contributed by atoms with E-state index in [4.69, 9.17) is 21.6 Å². The van der Waals surface area contributed by atoms with Crippen molar-refractivity contribution in [3.05, 3.63) is 71.0 Å². The minimum absolute atomic E-state index is 0.187. The van der Waals surface area contributed by atoms with E-state index in [2.05, 4.69) is 14.9 Å². The fourth-order valence-corrected chi connectivity index (χ4v) is 3.13. The lowest BCUT2D eigenvalue weighted by Crippen LogP contribution is -2.11. The van der Waals surface area contributed by atoms with Crippen molar-refractivity contribution in [1.82, 2.24) is 9.97 Å². The van der Waals surface area contributed by atoms with Crippen LogP contribution in [0.25, 0.3) is 11.1 Å². The Bertz CT molecular complexity index is 1250. The smallest absolute Gasteiger partial charge is 0.372 e. The maximum absolute atomic E-state index is 11.4. The zero-order valence-electron chi connectivity index (χ0n) is 16.7. The van der Waals surface area contributed by atoms with E-state index < -0.39 is 32.6 Å². The lowest BCUT2D eigenvalue weighted by molar-refractivity contribution is -0.182. The summed E-state index contributed by atoms with van der Waals surface area (Å²) in [6, 6.07) is 12.8. The standard InChI is InChI=1S/C13H12N2O5S.C7H5ClO3/c1-20-10-6-4-3-5-8(10)9-7-14-13(21(2,18)19)15-11(9)12(16)17;8-6-3-1-2-5(4-6)7(9)11-10/h3-7H,1-2H3,(H,16,17);1-4,10H. The summed E-state index contributed by atoms with van der Waals surface area (Å²) < 4.78 is 28.0. The van der Waals surface area contributed by atoms with Crippen LogP contribution in [-0.2, 0) is 14.7 Å². The second kappa shape index (κ2) is 10.7. The van der Waals surface area contributed by atoms with Gasteiger partial charge < -0.3 is 9.84 Å². The number of carbonyl (C=O) groups excluding carboxylic acids is 1. The van der Waals surface area contributed by atoms with E-state index in [1.807, 2.05) is 0 Å². The fraction of sp³-hybridized carbons (Fsp3) is 0.100. The van der Waals surface area contributed by atoms with Gasteiger partial charge in [-0.1, -0.05) is 35.9 Å². The molecule has 0 saturated heterocycles. The first-order valence-electron chi connectivity index (χ1n) is 8.63. The Labute approximate surface area is 187 Å². The Morgan fingerprint density at radius 3 is 2.31 bits per heavy atom. The molecule has 0 spiro atoms. The quantitative estimate of drug-likeness (QED) is 0.316. The minimum Gasteiger partial charge on any atom is -0.496 e. The van der Waals surface area contributed by atoms with Gasteiger partial charge in [-0.15, -0.1) is 0 Å². The van der Waals surface area contributed by atoms with Gasteiger partial charge in [-0.05, 0) is 24.3 Å². The predicted molar refractivity (Wildman–Crippen MR) is 114 cm³/mol. The fourth-order valence-electron chi connectivity index (χ4n) is 2.44. The van der Waals surface area contributed by atoms with E-state index in [1.165, 1.54) is 25.4 Å². The Kier molecular flexibility index (Phi) is 8.24. The maximum Gasteiger partial charge on any atom is 0.372 e. The van der Waals surface area contributed by atoms with Crippen molar-refractivity contribution in [2.24, 2.45) is 0 Å². The number of halogens is 1. The highest BCUT2D eigenvalue weighted by Gasteiger charge is 2.21. The van der Waals surface area contributed by atoms with E-state index in [9.17, 15) is 23.1 Å². The van der Waals surface area contributed by atoms with Crippen LogP contribution in [0, 0.1) is 0 Å². The van der Waals surface area contributed by atoms with Crippen molar-refractivity contribution in [2.75, 3.05) is 13.4 Å². The molecule has 0 saturated carbocycles. The van der Waals surface area contributed by atoms with Gasteiger partial charge in [-0.25, -0.2) is 28.0 Å². The molecule has 12 heteroatoms. The summed E-state index contributed by atoms with van der Waals surface area (Å²) in [7, 11) is -2.24. The summed E-state index contributed by atoms with van der Waals surface area (Å²) in [5.41, 5.74) is 0.486. The number of carbonyl (C=O) groups is 2. The van der Waals surface area contributed by atoms with E-state index in [1.54, 1.807) is 36.4 Å². The number of sulfone groups is 1. The van der Waals surface area contributed by atoms with Crippen LogP contribution in [0.15, 0.2) is 59.9 Å². The number of carboxylic acid groups (broad SMARTS) is 1. The molecular formula is C20H17ClN2O8S. The van der Waals surface area contributed by atoms with Gasteiger partial charge in [-0.2, -0.15) is 5.26 Å². The van der Waals surface area contributed by atoms with Crippen molar-refractivity contribution < 1.29 is 38.0 Å². The van der Waals surface area contributed by atoms with Crippen LogP contribution in [0.4, 0.5) is 0 Å². The zero-order chi connectivity index (χ0) is 23.9. The van der Waals surface area contributed by atoms with Gasteiger partial charge in [0.05, 0.1) is 12.7 Å². The molecule has 10 nitrogen and oxygen atoms in total. The molecule has 168 valence electrons. The third kappa shape index (κ3) is 6.23. The van der Waals surface area contributed by atoms with Gasteiger partial charge in [0.15, 0.2) is 5.69 Å². The number of ether oxygens (including phenoxy) is 1. The lowest BCUT2D eigenvalue weighted by Gasteiger charge is -2.10. The summed E-state index contributed by atoms with van der Waals surface area (Å²) in [4.78, 5) is 32.8. The minimum atomic E-state index is -3.69. The molecule has 2 aromatic carbocycles. The highest BCUT2D eigenvalue weighted by molar-refractivity contribution is 7.90. The number of hydrogen-bond donors (Lipinski definition) is 2. The second-order valence-electron chi connectivity index (χ2n) is 6.08. The van der Waals surface area contributed by atoms with E-state index >= 15 is 0 Å². The molecule has 0 aliphatic carbocycles. The molecule has 0 aliphatic heterocycles. The van der Waals surface area contributed by atoms with Crippen molar-refractivity contribution >= 4 is 33.4 Å². The Hall–Kier alpha value is -3.54.